The van der Waals surface area contributed by atoms with E-state index >= 15 is 0 Å². The van der Waals surface area contributed by atoms with Gasteiger partial charge in [0.05, 0.1) is 11.6 Å². The molecule has 4 nitrogen and oxygen atoms in total. The van der Waals surface area contributed by atoms with Crippen molar-refractivity contribution >= 4 is 43.1 Å². The Balaban J connectivity index is 0.862. The minimum atomic E-state index is 0.550. The van der Waals surface area contributed by atoms with Crippen LogP contribution < -0.4 is 0 Å². The number of hydrogen-bond donors (Lipinski definition) is 0. The Morgan fingerprint density at radius 1 is 0.236 bits per heavy atom. The molecule has 0 atom stereocenters. The van der Waals surface area contributed by atoms with E-state index in [1.54, 1.807) is 0 Å². The summed E-state index contributed by atoms with van der Waals surface area (Å²) in [4.78, 5) is 15.3. The Morgan fingerprint density at radius 3 is 1.39 bits per heavy atom. The predicted octanol–water partition coefficient (Wildman–Crippen LogP) is 17.7. The first-order chi connectivity index (χ1) is 35.6. The van der Waals surface area contributed by atoms with E-state index in [4.69, 9.17) is 15.0 Å². The molecule has 12 aromatic carbocycles. The fourth-order valence-electron chi connectivity index (χ4n) is 10.4. The fraction of sp³-hybridized carbons (Fsp3) is 0. The molecule has 0 radical (unpaired) electrons. The molecule has 4 heteroatoms. The summed E-state index contributed by atoms with van der Waals surface area (Å²) in [7, 11) is 0. The largest absolute Gasteiger partial charge is 0.208 e. The first-order valence-corrected chi connectivity index (χ1v) is 24.2. The molecule has 0 saturated heterocycles. The molecule has 0 aliphatic rings. The molecule has 0 fully saturated rings. The third-order valence-corrected chi connectivity index (χ3v) is 14.0. The van der Waals surface area contributed by atoms with E-state index in [1.807, 2.05) is 54.6 Å². The monoisotopic (exact) mass is 914 g/mol. The first kappa shape index (κ1) is 42.3. The van der Waals surface area contributed by atoms with E-state index in [1.165, 1.54) is 43.1 Å². The molecule has 13 rings (SSSR count). The van der Waals surface area contributed by atoms with E-state index in [-0.39, 0.29) is 0 Å². The molecule has 0 saturated carbocycles. The van der Waals surface area contributed by atoms with Crippen molar-refractivity contribution in [2.45, 2.75) is 0 Å². The van der Waals surface area contributed by atoms with Gasteiger partial charge in [0.15, 0.2) is 17.5 Å². The number of fused-ring (bicyclic) bond motifs is 7. The Kier molecular flexibility index (Phi) is 10.5. The van der Waals surface area contributed by atoms with Crippen molar-refractivity contribution in [1.29, 1.82) is 5.26 Å². The van der Waals surface area contributed by atoms with Gasteiger partial charge in [-0.1, -0.05) is 231 Å². The van der Waals surface area contributed by atoms with E-state index in [0.717, 1.165) is 72.3 Å². The highest BCUT2D eigenvalue weighted by Gasteiger charge is 2.19. The maximum absolute atomic E-state index is 10.9. The zero-order chi connectivity index (χ0) is 48.0. The highest BCUT2D eigenvalue weighted by molar-refractivity contribution is 6.25. The van der Waals surface area contributed by atoms with Crippen LogP contribution in [-0.2, 0) is 0 Å². The molecule has 0 aliphatic heterocycles. The highest BCUT2D eigenvalue weighted by atomic mass is 15.0. The number of hydrogen-bond acceptors (Lipinski definition) is 4. The zero-order valence-corrected chi connectivity index (χ0v) is 39.0. The number of benzene rings is 12. The molecule has 334 valence electrons. The average Bonchev–Trinajstić information content (AvgIpc) is 3.47. The standard InChI is InChI=1S/C68H42N4/c69-43-54-41-53(36-37-57(54)58-23-8-6-21-55(58)52-20-14-19-49(40-52)51-35-38-63-61-26-10-9-24-59(61)60-25-11-12-27-62(60)65(63)42-51)56-22-7-13-28-64(56)68-71-66(46-16-2-1-3-17-46)70-67(72-68)47-32-29-45(30-33-47)50-34-31-44-15-4-5-18-48(44)39-50/h1-42H. The van der Waals surface area contributed by atoms with Crippen molar-refractivity contribution in [3.63, 3.8) is 0 Å². The van der Waals surface area contributed by atoms with Crippen molar-refractivity contribution in [1.82, 2.24) is 15.0 Å². The number of rotatable bonds is 8. The van der Waals surface area contributed by atoms with Gasteiger partial charge >= 0.3 is 0 Å². The summed E-state index contributed by atoms with van der Waals surface area (Å²) in [6, 6.07) is 91.7. The van der Waals surface area contributed by atoms with Gasteiger partial charge < -0.3 is 0 Å². The van der Waals surface area contributed by atoms with Crippen LogP contribution in [0, 0.1) is 11.3 Å². The van der Waals surface area contributed by atoms with E-state index in [2.05, 4.69) is 206 Å². The second kappa shape index (κ2) is 17.9. The fourth-order valence-corrected chi connectivity index (χ4v) is 10.4. The molecule has 1 aromatic heterocycles. The molecule has 0 unspecified atom stereocenters. The van der Waals surface area contributed by atoms with E-state index in [0.29, 0.717) is 23.0 Å². The van der Waals surface area contributed by atoms with E-state index in [9.17, 15) is 5.26 Å². The van der Waals surface area contributed by atoms with Crippen molar-refractivity contribution in [2.75, 3.05) is 0 Å². The van der Waals surface area contributed by atoms with Crippen LogP contribution in [0.4, 0.5) is 0 Å². The summed E-state index contributed by atoms with van der Waals surface area (Å²) in [5, 5.41) is 20.8. The van der Waals surface area contributed by atoms with Crippen molar-refractivity contribution in [3.8, 4) is 95.9 Å². The molecule has 1 heterocycles. The van der Waals surface area contributed by atoms with Gasteiger partial charge in [0.2, 0.25) is 0 Å². The van der Waals surface area contributed by atoms with Crippen molar-refractivity contribution in [3.05, 3.63) is 260 Å². The molecule has 72 heavy (non-hydrogen) atoms. The van der Waals surface area contributed by atoms with Gasteiger partial charge in [-0.15, -0.1) is 0 Å². The van der Waals surface area contributed by atoms with Crippen LogP contribution >= 0.6 is 0 Å². The van der Waals surface area contributed by atoms with Crippen LogP contribution in [-0.4, -0.2) is 15.0 Å². The molecule has 13 aromatic rings. The van der Waals surface area contributed by atoms with Gasteiger partial charge in [-0.05, 0) is 117 Å². The number of aromatic nitrogens is 3. The third kappa shape index (κ3) is 7.63. The molecular formula is C68H42N4. The van der Waals surface area contributed by atoms with Gasteiger partial charge in [0, 0.05) is 22.3 Å². The minimum absolute atomic E-state index is 0.550. The molecule has 0 aliphatic carbocycles. The smallest absolute Gasteiger partial charge is 0.164 e. The highest BCUT2D eigenvalue weighted by Crippen LogP contribution is 2.41. The lowest BCUT2D eigenvalue weighted by molar-refractivity contribution is 1.07. The topological polar surface area (TPSA) is 62.5 Å². The van der Waals surface area contributed by atoms with Gasteiger partial charge in [-0.3, -0.25) is 0 Å². The molecular weight excluding hydrogens is 873 g/mol. The maximum atomic E-state index is 10.9. The van der Waals surface area contributed by atoms with Crippen molar-refractivity contribution in [2.24, 2.45) is 0 Å². The Morgan fingerprint density at radius 2 is 0.681 bits per heavy atom. The van der Waals surface area contributed by atoms with Crippen molar-refractivity contribution < 1.29 is 0 Å². The molecule has 0 amide bonds. The lowest BCUT2D eigenvalue weighted by atomic mass is 9.88. The Hall–Kier alpha value is -9.82. The lowest BCUT2D eigenvalue weighted by Crippen LogP contribution is -2.01. The normalized spacial score (nSPS) is 11.3. The third-order valence-electron chi connectivity index (χ3n) is 14.0. The van der Waals surface area contributed by atoms with Gasteiger partial charge in [-0.25, -0.2) is 15.0 Å². The SMILES string of the molecule is N#Cc1cc(-c2ccccc2-c2nc(-c3ccccc3)nc(-c3ccc(-c4ccc5ccccc5c4)cc3)n2)ccc1-c1ccccc1-c1cccc(-c2ccc3c4ccccc4c4ccccc4c3c2)c1. The van der Waals surface area contributed by atoms with Gasteiger partial charge in [0.1, 0.15) is 0 Å². The van der Waals surface area contributed by atoms with E-state index < -0.39 is 0 Å². The quantitative estimate of drug-likeness (QED) is 0.143. The predicted molar refractivity (Wildman–Crippen MR) is 298 cm³/mol. The maximum Gasteiger partial charge on any atom is 0.164 e. The molecule has 0 bridgehead atoms. The number of nitriles is 1. The Labute approximate surface area is 417 Å². The summed E-state index contributed by atoms with van der Waals surface area (Å²) in [5.74, 6) is 1.71. The average molecular weight is 915 g/mol. The van der Waals surface area contributed by atoms with Gasteiger partial charge in [-0.2, -0.15) is 5.26 Å². The second-order valence-corrected chi connectivity index (χ2v) is 18.2. The number of nitrogens with zero attached hydrogens (tertiary/aromatic N) is 4. The van der Waals surface area contributed by atoms with Crippen LogP contribution in [0.5, 0.6) is 0 Å². The summed E-state index contributed by atoms with van der Waals surface area (Å²) in [6.07, 6.45) is 0. The van der Waals surface area contributed by atoms with Crippen LogP contribution in [0.2, 0.25) is 0 Å². The molecule has 0 N–H and O–H groups in total. The first-order valence-electron chi connectivity index (χ1n) is 24.2. The van der Waals surface area contributed by atoms with Crippen LogP contribution in [0.1, 0.15) is 5.56 Å². The summed E-state index contributed by atoms with van der Waals surface area (Å²) in [6.45, 7) is 0. The van der Waals surface area contributed by atoms with Gasteiger partial charge in [0.25, 0.3) is 0 Å². The van der Waals surface area contributed by atoms with Crippen LogP contribution in [0.15, 0.2) is 255 Å². The minimum Gasteiger partial charge on any atom is -0.208 e. The summed E-state index contributed by atoms with van der Waals surface area (Å²) >= 11 is 0. The summed E-state index contributed by atoms with van der Waals surface area (Å²) in [5.41, 5.74) is 13.5. The molecule has 0 spiro atoms. The van der Waals surface area contributed by atoms with Crippen LogP contribution in [0.25, 0.3) is 133 Å². The Bertz CT molecular complexity index is 4250. The zero-order valence-electron chi connectivity index (χ0n) is 39.0. The lowest BCUT2D eigenvalue weighted by Gasteiger charge is -2.16. The summed E-state index contributed by atoms with van der Waals surface area (Å²) < 4.78 is 0. The second-order valence-electron chi connectivity index (χ2n) is 18.2. The van der Waals surface area contributed by atoms with Crippen LogP contribution in [0.3, 0.4) is 0 Å².